The van der Waals surface area contributed by atoms with Gasteiger partial charge in [-0.2, -0.15) is 0 Å². The van der Waals surface area contributed by atoms with Crippen LogP contribution in [0, 0.1) is 13.8 Å². The molecule has 2 heterocycles. The molecular formula is C14H15N3O2. The number of nitrogens with two attached hydrogens (primary N) is 1. The van der Waals surface area contributed by atoms with Crippen LogP contribution in [-0.4, -0.2) is 17.3 Å². The number of hydrogen-bond donors (Lipinski definition) is 2. The van der Waals surface area contributed by atoms with Crippen LogP contribution >= 0.6 is 0 Å². The SMILES string of the molecule is COc1cc(C)cc2c(-c3cc(N)no3)c(C)[nH]c12. The van der Waals surface area contributed by atoms with Crippen LogP contribution in [0.3, 0.4) is 0 Å². The molecule has 3 rings (SSSR count). The van der Waals surface area contributed by atoms with Gasteiger partial charge in [-0.1, -0.05) is 5.16 Å². The lowest BCUT2D eigenvalue weighted by molar-refractivity contribution is 0.418. The summed E-state index contributed by atoms with van der Waals surface area (Å²) in [5.74, 6) is 1.86. The van der Waals surface area contributed by atoms with Crippen molar-refractivity contribution in [2.45, 2.75) is 13.8 Å². The molecule has 0 aliphatic rings. The highest BCUT2D eigenvalue weighted by Gasteiger charge is 2.17. The van der Waals surface area contributed by atoms with E-state index in [0.717, 1.165) is 33.5 Å². The topological polar surface area (TPSA) is 77.1 Å². The van der Waals surface area contributed by atoms with E-state index in [4.69, 9.17) is 15.0 Å². The van der Waals surface area contributed by atoms with Crippen molar-refractivity contribution in [3.8, 4) is 17.1 Å². The summed E-state index contributed by atoms with van der Waals surface area (Å²) >= 11 is 0. The summed E-state index contributed by atoms with van der Waals surface area (Å²) in [4.78, 5) is 3.33. The molecule has 3 aromatic rings. The third kappa shape index (κ3) is 1.74. The van der Waals surface area contributed by atoms with Crippen molar-refractivity contribution >= 4 is 16.7 Å². The summed E-state index contributed by atoms with van der Waals surface area (Å²) in [6.07, 6.45) is 0. The van der Waals surface area contributed by atoms with Crippen molar-refractivity contribution < 1.29 is 9.26 Å². The molecule has 5 heteroatoms. The number of aromatic amines is 1. The molecule has 0 atom stereocenters. The second kappa shape index (κ2) is 4.05. The molecule has 0 saturated heterocycles. The molecule has 98 valence electrons. The number of nitrogens with zero attached hydrogens (tertiary/aromatic N) is 1. The smallest absolute Gasteiger partial charge is 0.171 e. The van der Waals surface area contributed by atoms with Crippen molar-refractivity contribution in [2.24, 2.45) is 0 Å². The van der Waals surface area contributed by atoms with Gasteiger partial charge in [0.05, 0.1) is 12.6 Å². The van der Waals surface area contributed by atoms with Gasteiger partial charge < -0.3 is 20.0 Å². The van der Waals surface area contributed by atoms with E-state index < -0.39 is 0 Å². The van der Waals surface area contributed by atoms with E-state index >= 15 is 0 Å². The molecule has 0 aliphatic carbocycles. The summed E-state index contributed by atoms with van der Waals surface area (Å²) in [5, 5.41) is 4.79. The molecule has 0 radical (unpaired) electrons. The number of aryl methyl sites for hydroxylation is 2. The zero-order valence-electron chi connectivity index (χ0n) is 11.1. The number of hydrogen-bond acceptors (Lipinski definition) is 4. The third-order valence-electron chi connectivity index (χ3n) is 3.20. The molecule has 0 fully saturated rings. The number of methoxy groups -OCH3 is 1. The van der Waals surface area contributed by atoms with Gasteiger partial charge in [0.1, 0.15) is 5.75 Å². The summed E-state index contributed by atoms with van der Waals surface area (Å²) in [7, 11) is 1.66. The third-order valence-corrected chi connectivity index (χ3v) is 3.20. The van der Waals surface area contributed by atoms with Crippen LogP contribution < -0.4 is 10.5 Å². The average Bonchev–Trinajstić information content (AvgIpc) is 2.91. The van der Waals surface area contributed by atoms with Crippen molar-refractivity contribution in [2.75, 3.05) is 12.8 Å². The van der Waals surface area contributed by atoms with Gasteiger partial charge in [-0.15, -0.1) is 0 Å². The van der Waals surface area contributed by atoms with E-state index in [1.165, 1.54) is 0 Å². The zero-order chi connectivity index (χ0) is 13.6. The van der Waals surface area contributed by atoms with Crippen molar-refractivity contribution in [1.82, 2.24) is 10.1 Å². The number of fused-ring (bicyclic) bond motifs is 1. The molecule has 0 bridgehead atoms. The summed E-state index contributed by atoms with van der Waals surface area (Å²) in [6, 6.07) is 5.82. The Balaban J connectivity index is 2.36. The number of anilines is 1. The number of nitrogens with one attached hydrogen (secondary N) is 1. The second-order valence-electron chi connectivity index (χ2n) is 4.63. The Hall–Kier alpha value is -2.43. The van der Waals surface area contributed by atoms with Gasteiger partial charge in [-0.3, -0.25) is 0 Å². The molecule has 0 unspecified atom stereocenters. The van der Waals surface area contributed by atoms with E-state index in [1.54, 1.807) is 13.2 Å². The lowest BCUT2D eigenvalue weighted by Gasteiger charge is -2.03. The minimum atomic E-state index is 0.378. The first kappa shape index (κ1) is 11.6. The van der Waals surface area contributed by atoms with Gasteiger partial charge in [0.15, 0.2) is 11.6 Å². The Morgan fingerprint density at radius 2 is 2.05 bits per heavy atom. The van der Waals surface area contributed by atoms with Crippen molar-refractivity contribution in [1.29, 1.82) is 0 Å². The average molecular weight is 257 g/mol. The number of H-pyrrole nitrogens is 1. The predicted molar refractivity (Wildman–Crippen MR) is 74.2 cm³/mol. The standard InChI is InChI=1S/C14H15N3O2/c1-7-4-9-13(10-6-12(15)17-19-10)8(2)16-14(9)11(5-7)18-3/h4-6,16H,1-3H3,(H2,15,17). The predicted octanol–water partition coefficient (Wildman–Crippen LogP) is 3.03. The van der Waals surface area contributed by atoms with Crippen LogP contribution in [0.25, 0.3) is 22.2 Å². The first-order valence-corrected chi connectivity index (χ1v) is 5.99. The Labute approximate surface area is 110 Å². The fraction of sp³-hybridized carbons (Fsp3) is 0.214. The van der Waals surface area contributed by atoms with Crippen LogP contribution in [0.15, 0.2) is 22.7 Å². The van der Waals surface area contributed by atoms with Crippen LogP contribution in [0.1, 0.15) is 11.3 Å². The van der Waals surface area contributed by atoms with E-state index in [-0.39, 0.29) is 0 Å². The number of nitrogen functional groups attached to an aromatic ring is 1. The summed E-state index contributed by atoms with van der Waals surface area (Å²) in [6.45, 7) is 4.02. The fourth-order valence-corrected chi connectivity index (χ4v) is 2.42. The van der Waals surface area contributed by atoms with Gasteiger partial charge >= 0.3 is 0 Å². The zero-order valence-corrected chi connectivity index (χ0v) is 11.1. The highest BCUT2D eigenvalue weighted by atomic mass is 16.5. The number of ether oxygens (including phenoxy) is 1. The molecule has 2 aromatic heterocycles. The molecule has 0 aliphatic heterocycles. The van der Waals surface area contributed by atoms with Crippen LogP contribution in [0.5, 0.6) is 5.75 Å². The lowest BCUT2D eigenvalue weighted by Crippen LogP contribution is -1.85. The number of benzene rings is 1. The van der Waals surface area contributed by atoms with E-state index in [2.05, 4.69) is 16.2 Å². The molecule has 19 heavy (non-hydrogen) atoms. The Kier molecular flexibility index (Phi) is 2.48. The van der Waals surface area contributed by atoms with Crippen LogP contribution in [0.4, 0.5) is 5.82 Å². The molecule has 0 saturated carbocycles. The lowest BCUT2D eigenvalue weighted by atomic mass is 10.1. The maximum absolute atomic E-state index is 5.63. The van der Waals surface area contributed by atoms with E-state index in [9.17, 15) is 0 Å². The minimum Gasteiger partial charge on any atom is -0.495 e. The normalized spacial score (nSPS) is 11.1. The maximum atomic E-state index is 5.63. The van der Waals surface area contributed by atoms with Crippen molar-refractivity contribution in [3.05, 3.63) is 29.5 Å². The van der Waals surface area contributed by atoms with Gasteiger partial charge in [0, 0.05) is 22.7 Å². The highest BCUT2D eigenvalue weighted by molar-refractivity contribution is 5.99. The van der Waals surface area contributed by atoms with E-state index in [1.807, 2.05) is 19.9 Å². The van der Waals surface area contributed by atoms with Gasteiger partial charge in [0.25, 0.3) is 0 Å². The fourth-order valence-electron chi connectivity index (χ4n) is 2.42. The minimum absolute atomic E-state index is 0.378. The Morgan fingerprint density at radius 3 is 2.68 bits per heavy atom. The van der Waals surface area contributed by atoms with Crippen LogP contribution in [0.2, 0.25) is 0 Å². The maximum Gasteiger partial charge on any atom is 0.171 e. The second-order valence-corrected chi connectivity index (χ2v) is 4.63. The van der Waals surface area contributed by atoms with E-state index in [0.29, 0.717) is 11.6 Å². The van der Waals surface area contributed by atoms with Crippen molar-refractivity contribution in [3.63, 3.8) is 0 Å². The number of rotatable bonds is 2. The summed E-state index contributed by atoms with van der Waals surface area (Å²) < 4.78 is 10.7. The van der Waals surface area contributed by atoms with Gasteiger partial charge in [-0.25, -0.2) is 0 Å². The summed E-state index contributed by atoms with van der Waals surface area (Å²) in [5.41, 5.74) is 9.67. The van der Waals surface area contributed by atoms with Crippen LogP contribution in [-0.2, 0) is 0 Å². The molecule has 5 nitrogen and oxygen atoms in total. The quantitative estimate of drug-likeness (QED) is 0.739. The highest BCUT2D eigenvalue weighted by Crippen LogP contribution is 2.37. The van der Waals surface area contributed by atoms with Gasteiger partial charge in [0.2, 0.25) is 0 Å². The largest absolute Gasteiger partial charge is 0.495 e. The monoisotopic (exact) mass is 257 g/mol. The Bertz CT molecular complexity index is 755. The first-order valence-electron chi connectivity index (χ1n) is 5.99. The number of aromatic nitrogens is 2. The first-order chi connectivity index (χ1) is 9.10. The van der Waals surface area contributed by atoms with Gasteiger partial charge in [-0.05, 0) is 31.5 Å². The molecular weight excluding hydrogens is 242 g/mol. The molecule has 0 spiro atoms. The Morgan fingerprint density at radius 1 is 1.26 bits per heavy atom. The molecule has 3 N–H and O–H groups in total. The molecule has 1 aromatic carbocycles. The molecule has 0 amide bonds.